The lowest BCUT2D eigenvalue weighted by Gasteiger charge is -1.99. The van der Waals surface area contributed by atoms with Gasteiger partial charge in [-0.25, -0.2) is 0 Å². The van der Waals surface area contributed by atoms with Gasteiger partial charge in [-0.15, -0.1) is 0 Å². The molecule has 13 heavy (non-hydrogen) atoms. The molecule has 0 amide bonds. The van der Waals surface area contributed by atoms with Crippen LogP contribution in [0.15, 0.2) is 6.20 Å². The van der Waals surface area contributed by atoms with Crippen LogP contribution in [-0.2, 0) is 13.1 Å². The van der Waals surface area contributed by atoms with Crippen molar-refractivity contribution < 1.29 is 5.11 Å². The number of aromatic nitrogens is 2. The van der Waals surface area contributed by atoms with Gasteiger partial charge in [0.15, 0.2) is 0 Å². The van der Waals surface area contributed by atoms with Gasteiger partial charge in [-0.2, -0.15) is 5.10 Å². The molecule has 0 saturated heterocycles. The van der Waals surface area contributed by atoms with Crippen molar-refractivity contribution >= 4 is 5.69 Å². The Hall–Kier alpha value is -1.07. The Morgan fingerprint density at radius 2 is 2.46 bits per heavy atom. The summed E-state index contributed by atoms with van der Waals surface area (Å²) in [4.78, 5) is 0. The SMILES string of the molecule is CCn1cc(N)c(CNCCO)n1. The van der Waals surface area contributed by atoms with Gasteiger partial charge in [-0.05, 0) is 6.92 Å². The third kappa shape index (κ3) is 2.71. The van der Waals surface area contributed by atoms with Crippen LogP contribution >= 0.6 is 0 Å². The van der Waals surface area contributed by atoms with Gasteiger partial charge in [-0.3, -0.25) is 4.68 Å². The van der Waals surface area contributed by atoms with E-state index in [2.05, 4.69) is 10.4 Å². The van der Waals surface area contributed by atoms with Crippen molar-refractivity contribution in [2.45, 2.75) is 20.0 Å². The van der Waals surface area contributed by atoms with Crippen molar-refractivity contribution in [3.63, 3.8) is 0 Å². The third-order valence-electron chi connectivity index (χ3n) is 1.78. The monoisotopic (exact) mass is 184 g/mol. The van der Waals surface area contributed by atoms with E-state index in [1.54, 1.807) is 4.68 Å². The first kappa shape index (κ1) is 10.0. The largest absolute Gasteiger partial charge is 0.396 e. The lowest BCUT2D eigenvalue weighted by Crippen LogP contribution is -2.18. The molecule has 0 aliphatic heterocycles. The molecule has 1 aromatic heterocycles. The summed E-state index contributed by atoms with van der Waals surface area (Å²) in [5, 5.41) is 15.8. The molecule has 1 heterocycles. The second-order valence-electron chi connectivity index (χ2n) is 2.79. The van der Waals surface area contributed by atoms with Crippen LogP contribution in [0, 0.1) is 0 Å². The summed E-state index contributed by atoms with van der Waals surface area (Å²) < 4.78 is 1.80. The Labute approximate surface area is 77.5 Å². The van der Waals surface area contributed by atoms with Gasteiger partial charge in [0, 0.05) is 25.8 Å². The maximum atomic E-state index is 8.55. The van der Waals surface area contributed by atoms with Crippen LogP contribution in [-0.4, -0.2) is 28.0 Å². The number of rotatable bonds is 5. The summed E-state index contributed by atoms with van der Waals surface area (Å²) >= 11 is 0. The highest BCUT2D eigenvalue weighted by molar-refractivity contribution is 5.40. The molecule has 1 aromatic rings. The zero-order chi connectivity index (χ0) is 9.68. The Kier molecular flexibility index (Phi) is 3.72. The second kappa shape index (κ2) is 4.84. The molecule has 0 bridgehead atoms. The van der Waals surface area contributed by atoms with E-state index in [4.69, 9.17) is 10.8 Å². The van der Waals surface area contributed by atoms with Gasteiger partial charge in [-0.1, -0.05) is 0 Å². The zero-order valence-electron chi connectivity index (χ0n) is 7.82. The first-order valence-corrected chi connectivity index (χ1v) is 4.41. The number of aliphatic hydroxyl groups excluding tert-OH is 1. The quantitative estimate of drug-likeness (QED) is 0.543. The van der Waals surface area contributed by atoms with E-state index in [9.17, 15) is 0 Å². The fourth-order valence-corrected chi connectivity index (χ4v) is 1.06. The van der Waals surface area contributed by atoms with Crippen LogP contribution < -0.4 is 11.1 Å². The maximum absolute atomic E-state index is 8.55. The molecule has 1 rings (SSSR count). The van der Waals surface area contributed by atoms with Crippen LogP contribution in [0.4, 0.5) is 5.69 Å². The predicted molar refractivity (Wildman–Crippen MR) is 51.1 cm³/mol. The van der Waals surface area contributed by atoms with E-state index in [0.717, 1.165) is 12.2 Å². The van der Waals surface area contributed by atoms with Crippen LogP contribution in [0.3, 0.4) is 0 Å². The molecule has 5 heteroatoms. The van der Waals surface area contributed by atoms with Gasteiger partial charge in [0.25, 0.3) is 0 Å². The normalized spacial score (nSPS) is 10.6. The Balaban J connectivity index is 2.50. The molecular formula is C8H16N4O. The molecule has 0 aromatic carbocycles. The summed E-state index contributed by atoms with van der Waals surface area (Å²) in [5.74, 6) is 0. The molecule has 4 N–H and O–H groups in total. The van der Waals surface area contributed by atoms with Crippen molar-refractivity contribution in [1.82, 2.24) is 15.1 Å². The third-order valence-corrected chi connectivity index (χ3v) is 1.78. The van der Waals surface area contributed by atoms with Crippen molar-refractivity contribution in [1.29, 1.82) is 0 Å². The highest BCUT2D eigenvalue weighted by atomic mass is 16.3. The molecule has 0 spiro atoms. The van der Waals surface area contributed by atoms with E-state index >= 15 is 0 Å². The highest BCUT2D eigenvalue weighted by Crippen LogP contribution is 2.07. The maximum Gasteiger partial charge on any atom is 0.0991 e. The first-order valence-electron chi connectivity index (χ1n) is 4.41. The molecular weight excluding hydrogens is 168 g/mol. The Bertz CT molecular complexity index is 259. The molecule has 5 nitrogen and oxygen atoms in total. The average molecular weight is 184 g/mol. The van der Waals surface area contributed by atoms with E-state index in [-0.39, 0.29) is 6.61 Å². The minimum Gasteiger partial charge on any atom is -0.396 e. The number of anilines is 1. The van der Waals surface area contributed by atoms with E-state index in [0.29, 0.717) is 18.8 Å². The predicted octanol–water partition coefficient (Wildman–Crippen LogP) is -0.433. The van der Waals surface area contributed by atoms with Crippen molar-refractivity contribution in [2.75, 3.05) is 18.9 Å². The molecule has 74 valence electrons. The van der Waals surface area contributed by atoms with E-state index in [1.807, 2.05) is 13.1 Å². The van der Waals surface area contributed by atoms with Crippen LogP contribution in [0.1, 0.15) is 12.6 Å². The van der Waals surface area contributed by atoms with Crippen molar-refractivity contribution in [2.24, 2.45) is 0 Å². The first-order chi connectivity index (χ1) is 6.27. The second-order valence-corrected chi connectivity index (χ2v) is 2.79. The number of hydrogen-bond acceptors (Lipinski definition) is 4. The molecule has 0 saturated carbocycles. The number of aliphatic hydroxyl groups is 1. The van der Waals surface area contributed by atoms with Gasteiger partial charge >= 0.3 is 0 Å². The van der Waals surface area contributed by atoms with Gasteiger partial charge in [0.1, 0.15) is 0 Å². The Morgan fingerprint density at radius 3 is 3.00 bits per heavy atom. The molecule has 0 aliphatic rings. The van der Waals surface area contributed by atoms with Gasteiger partial charge < -0.3 is 16.2 Å². The lowest BCUT2D eigenvalue weighted by atomic mass is 10.4. The molecule has 0 unspecified atom stereocenters. The van der Waals surface area contributed by atoms with E-state index in [1.165, 1.54) is 0 Å². The number of hydrogen-bond donors (Lipinski definition) is 3. The fourth-order valence-electron chi connectivity index (χ4n) is 1.06. The molecule has 0 fully saturated rings. The molecule has 0 aliphatic carbocycles. The number of nitrogens with two attached hydrogens (primary N) is 1. The van der Waals surface area contributed by atoms with E-state index < -0.39 is 0 Å². The van der Waals surface area contributed by atoms with Crippen molar-refractivity contribution in [3.8, 4) is 0 Å². The standard InChI is InChI=1S/C8H16N4O/c1-2-12-6-7(9)8(11-12)5-10-3-4-13/h6,10,13H,2-5,9H2,1H3. The van der Waals surface area contributed by atoms with Gasteiger partial charge in [0.2, 0.25) is 0 Å². The Morgan fingerprint density at radius 1 is 1.69 bits per heavy atom. The van der Waals surface area contributed by atoms with Gasteiger partial charge in [0.05, 0.1) is 18.0 Å². The zero-order valence-corrected chi connectivity index (χ0v) is 7.82. The minimum atomic E-state index is 0.133. The molecule has 0 atom stereocenters. The fraction of sp³-hybridized carbons (Fsp3) is 0.625. The smallest absolute Gasteiger partial charge is 0.0991 e. The summed E-state index contributed by atoms with van der Waals surface area (Å²) in [6.45, 7) is 4.15. The lowest BCUT2D eigenvalue weighted by molar-refractivity contribution is 0.291. The number of aryl methyl sites for hydroxylation is 1. The highest BCUT2D eigenvalue weighted by Gasteiger charge is 2.03. The average Bonchev–Trinajstić information content (AvgIpc) is 2.48. The topological polar surface area (TPSA) is 76.1 Å². The number of nitrogens with zero attached hydrogens (tertiary/aromatic N) is 2. The van der Waals surface area contributed by atoms with Crippen LogP contribution in [0.25, 0.3) is 0 Å². The summed E-state index contributed by atoms with van der Waals surface area (Å²) in [5.41, 5.74) is 7.26. The minimum absolute atomic E-state index is 0.133. The summed E-state index contributed by atoms with van der Waals surface area (Å²) in [6, 6.07) is 0. The van der Waals surface area contributed by atoms with Crippen LogP contribution in [0.2, 0.25) is 0 Å². The van der Waals surface area contributed by atoms with Crippen molar-refractivity contribution in [3.05, 3.63) is 11.9 Å². The summed E-state index contributed by atoms with van der Waals surface area (Å²) in [7, 11) is 0. The van der Waals surface area contributed by atoms with Crippen LogP contribution in [0.5, 0.6) is 0 Å². The molecule has 0 radical (unpaired) electrons. The number of nitrogen functional groups attached to an aromatic ring is 1. The number of nitrogens with one attached hydrogen (secondary N) is 1. The summed E-state index contributed by atoms with van der Waals surface area (Å²) in [6.07, 6.45) is 1.82.